The van der Waals surface area contributed by atoms with Crippen molar-refractivity contribution in [3.8, 4) is 0 Å². The average molecular weight is 319 g/mol. The van der Waals surface area contributed by atoms with Gasteiger partial charge in [0.05, 0.1) is 0 Å². The van der Waals surface area contributed by atoms with Gasteiger partial charge in [0, 0.05) is 37.1 Å². The van der Waals surface area contributed by atoms with E-state index in [0.29, 0.717) is 0 Å². The van der Waals surface area contributed by atoms with E-state index in [1.165, 1.54) is 5.56 Å². The number of carbonyl (C=O) groups is 1. The van der Waals surface area contributed by atoms with Crippen LogP contribution >= 0.6 is 0 Å². The Morgan fingerprint density at radius 1 is 1.35 bits per heavy atom. The minimum Gasteiger partial charge on any atom is -0.444 e. The Morgan fingerprint density at radius 2 is 2.00 bits per heavy atom. The van der Waals surface area contributed by atoms with Gasteiger partial charge in [-0.25, -0.2) is 4.79 Å². The van der Waals surface area contributed by atoms with Crippen LogP contribution in [0, 0.1) is 6.92 Å². The summed E-state index contributed by atoms with van der Waals surface area (Å²) in [5, 5.41) is 3.62. The van der Waals surface area contributed by atoms with Crippen LogP contribution in [-0.4, -0.2) is 40.2 Å². The molecule has 1 aliphatic heterocycles. The zero-order valence-corrected chi connectivity index (χ0v) is 15.0. The van der Waals surface area contributed by atoms with Crippen molar-refractivity contribution in [1.82, 2.24) is 15.2 Å². The Morgan fingerprint density at radius 3 is 2.52 bits per heavy atom. The molecular weight excluding hydrogens is 290 g/mol. The van der Waals surface area contributed by atoms with Crippen LogP contribution in [0.3, 0.4) is 0 Å². The summed E-state index contributed by atoms with van der Waals surface area (Å²) in [5.74, 6) is 0. The summed E-state index contributed by atoms with van der Waals surface area (Å²) in [7, 11) is 0. The first-order chi connectivity index (χ1) is 10.7. The highest BCUT2D eigenvalue weighted by atomic mass is 16.6. The molecule has 1 aliphatic rings. The second-order valence-corrected chi connectivity index (χ2v) is 7.69. The number of nitrogens with zero attached hydrogens (tertiary/aromatic N) is 2. The zero-order valence-electron chi connectivity index (χ0n) is 15.0. The third-order valence-electron chi connectivity index (χ3n) is 4.21. The van der Waals surface area contributed by atoms with Crippen LogP contribution in [0.25, 0.3) is 0 Å². The summed E-state index contributed by atoms with van der Waals surface area (Å²) in [6.07, 6.45) is 3.56. The highest BCUT2D eigenvalue weighted by Gasteiger charge is 2.33. The Kier molecular flexibility index (Phi) is 5.30. The Hall–Kier alpha value is -1.62. The molecule has 0 aromatic carbocycles. The second-order valence-electron chi connectivity index (χ2n) is 7.69. The predicted molar refractivity (Wildman–Crippen MR) is 91.3 cm³/mol. The summed E-state index contributed by atoms with van der Waals surface area (Å²) in [5.41, 5.74) is 1.83. The maximum atomic E-state index is 12.1. The standard InChI is InChI=1S/C18H29N3O2/c1-14-6-7-15(12-19-14)13-20-18(5)8-10-21(11-9-18)16(22)23-17(2,3)4/h6-7,12,20H,8-11,13H2,1-5H3. The van der Waals surface area contributed by atoms with Crippen LogP contribution in [0.5, 0.6) is 0 Å². The molecule has 0 saturated carbocycles. The lowest BCUT2D eigenvalue weighted by Crippen LogP contribution is -2.53. The van der Waals surface area contributed by atoms with E-state index < -0.39 is 5.60 Å². The van der Waals surface area contributed by atoms with E-state index in [2.05, 4.69) is 23.3 Å². The number of likely N-dealkylation sites (tertiary alicyclic amines) is 1. The first kappa shape index (κ1) is 17.7. The van der Waals surface area contributed by atoms with Gasteiger partial charge >= 0.3 is 6.09 Å². The molecule has 5 heteroatoms. The van der Waals surface area contributed by atoms with Gasteiger partial charge < -0.3 is 15.0 Å². The number of piperidine rings is 1. The molecule has 1 aromatic rings. The van der Waals surface area contributed by atoms with E-state index in [1.54, 1.807) is 0 Å². The molecule has 128 valence electrons. The van der Waals surface area contributed by atoms with Gasteiger partial charge in [0.2, 0.25) is 0 Å². The van der Waals surface area contributed by atoms with E-state index in [-0.39, 0.29) is 11.6 Å². The summed E-state index contributed by atoms with van der Waals surface area (Å²) < 4.78 is 5.44. The minimum atomic E-state index is -0.436. The number of pyridine rings is 1. The van der Waals surface area contributed by atoms with Crippen molar-refractivity contribution in [2.24, 2.45) is 0 Å². The Balaban J connectivity index is 1.82. The number of aryl methyl sites for hydroxylation is 1. The molecule has 2 heterocycles. The first-order valence-electron chi connectivity index (χ1n) is 8.31. The van der Waals surface area contributed by atoms with Gasteiger partial charge in [-0.1, -0.05) is 6.07 Å². The van der Waals surface area contributed by atoms with Crippen LogP contribution < -0.4 is 5.32 Å². The lowest BCUT2D eigenvalue weighted by atomic mass is 9.89. The van der Waals surface area contributed by atoms with Gasteiger partial charge in [-0.05, 0) is 59.1 Å². The fraction of sp³-hybridized carbons (Fsp3) is 0.667. The molecule has 1 N–H and O–H groups in total. The molecule has 0 spiro atoms. The van der Waals surface area contributed by atoms with Crippen LogP contribution in [-0.2, 0) is 11.3 Å². The molecule has 0 unspecified atom stereocenters. The summed E-state index contributed by atoms with van der Waals surface area (Å²) in [4.78, 5) is 18.2. The topological polar surface area (TPSA) is 54.5 Å². The van der Waals surface area contributed by atoms with Crippen molar-refractivity contribution in [3.05, 3.63) is 29.6 Å². The van der Waals surface area contributed by atoms with Crippen molar-refractivity contribution in [1.29, 1.82) is 0 Å². The molecular formula is C18H29N3O2. The molecule has 5 nitrogen and oxygen atoms in total. The van der Waals surface area contributed by atoms with E-state index in [4.69, 9.17) is 4.74 Å². The maximum absolute atomic E-state index is 12.1. The van der Waals surface area contributed by atoms with Crippen LogP contribution in [0.2, 0.25) is 0 Å². The van der Waals surface area contributed by atoms with Crippen molar-refractivity contribution in [2.75, 3.05) is 13.1 Å². The number of amides is 1. The highest BCUT2D eigenvalue weighted by Crippen LogP contribution is 2.23. The fourth-order valence-corrected chi connectivity index (χ4v) is 2.60. The third-order valence-corrected chi connectivity index (χ3v) is 4.21. The molecule has 23 heavy (non-hydrogen) atoms. The number of nitrogens with one attached hydrogen (secondary N) is 1. The monoisotopic (exact) mass is 319 g/mol. The Labute approximate surface area is 139 Å². The van der Waals surface area contributed by atoms with Gasteiger partial charge in [-0.3, -0.25) is 4.98 Å². The molecule has 0 atom stereocenters. The number of rotatable bonds is 3. The number of hydrogen-bond acceptors (Lipinski definition) is 4. The molecule has 2 rings (SSSR count). The quantitative estimate of drug-likeness (QED) is 0.929. The van der Waals surface area contributed by atoms with E-state index in [9.17, 15) is 4.79 Å². The summed E-state index contributed by atoms with van der Waals surface area (Å²) >= 11 is 0. The summed E-state index contributed by atoms with van der Waals surface area (Å²) in [6, 6.07) is 4.14. The minimum absolute atomic E-state index is 0.0450. The predicted octanol–water partition coefficient (Wildman–Crippen LogP) is 3.27. The van der Waals surface area contributed by atoms with Gasteiger partial charge in [0.25, 0.3) is 0 Å². The highest BCUT2D eigenvalue weighted by molar-refractivity contribution is 5.68. The Bertz CT molecular complexity index is 526. The van der Waals surface area contributed by atoms with Crippen molar-refractivity contribution in [2.45, 2.75) is 65.1 Å². The van der Waals surface area contributed by atoms with Crippen molar-refractivity contribution < 1.29 is 9.53 Å². The number of ether oxygens (including phenoxy) is 1. The largest absolute Gasteiger partial charge is 0.444 e. The lowest BCUT2D eigenvalue weighted by Gasteiger charge is -2.40. The van der Waals surface area contributed by atoms with Gasteiger partial charge in [-0.15, -0.1) is 0 Å². The molecule has 0 aliphatic carbocycles. The molecule has 1 saturated heterocycles. The van der Waals surface area contributed by atoms with Crippen molar-refractivity contribution in [3.63, 3.8) is 0 Å². The van der Waals surface area contributed by atoms with E-state index in [1.807, 2.05) is 44.9 Å². The molecule has 0 radical (unpaired) electrons. The molecule has 1 fully saturated rings. The third kappa shape index (κ3) is 5.50. The van der Waals surface area contributed by atoms with Crippen LogP contribution in [0.4, 0.5) is 4.79 Å². The van der Waals surface area contributed by atoms with E-state index >= 15 is 0 Å². The fourth-order valence-electron chi connectivity index (χ4n) is 2.60. The van der Waals surface area contributed by atoms with Crippen molar-refractivity contribution >= 4 is 6.09 Å². The number of carbonyl (C=O) groups excluding carboxylic acids is 1. The van der Waals surface area contributed by atoms with E-state index in [0.717, 1.165) is 38.2 Å². The van der Waals surface area contributed by atoms with Crippen LogP contribution in [0.1, 0.15) is 51.8 Å². The van der Waals surface area contributed by atoms with Gasteiger partial charge in [0.1, 0.15) is 5.60 Å². The summed E-state index contributed by atoms with van der Waals surface area (Å²) in [6.45, 7) is 12.2. The molecule has 1 amide bonds. The molecule has 0 bridgehead atoms. The SMILES string of the molecule is Cc1ccc(CNC2(C)CCN(C(=O)OC(C)(C)C)CC2)cn1. The second kappa shape index (κ2) is 6.87. The average Bonchev–Trinajstić information content (AvgIpc) is 2.46. The van der Waals surface area contributed by atoms with Gasteiger partial charge in [-0.2, -0.15) is 0 Å². The first-order valence-corrected chi connectivity index (χ1v) is 8.31. The number of aromatic nitrogens is 1. The molecule has 1 aromatic heterocycles. The number of hydrogen-bond donors (Lipinski definition) is 1. The normalized spacial score (nSPS) is 17.9. The van der Waals surface area contributed by atoms with Crippen LogP contribution in [0.15, 0.2) is 18.3 Å². The zero-order chi connectivity index (χ0) is 17.1. The van der Waals surface area contributed by atoms with Gasteiger partial charge in [0.15, 0.2) is 0 Å². The lowest BCUT2D eigenvalue weighted by molar-refractivity contribution is 0.0156. The smallest absolute Gasteiger partial charge is 0.410 e. The maximum Gasteiger partial charge on any atom is 0.410 e.